The first-order valence-corrected chi connectivity index (χ1v) is 6.56. The minimum Gasteiger partial charge on any atom is -0.375 e. The fraction of sp³-hybridized carbons (Fsp3) is 0.714. The molecule has 1 fully saturated rings. The molecule has 1 heterocycles. The van der Waals surface area contributed by atoms with Crippen LogP contribution < -0.4 is 0 Å². The maximum atomic E-state index is 2.60. The predicted octanol–water partition coefficient (Wildman–Crippen LogP) is 3.59. The molecule has 2 aliphatic carbocycles. The Morgan fingerprint density at radius 1 is 1.40 bits per heavy atom. The van der Waals surface area contributed by atoms with E-state index in [-0.39, 0.29) is 0 Å². The average Bonchev–Trinajstić information content (AvgIpc) is 3.10. The van der Waals surface area contributed by atoms with Crippen LogP contribution in [0, 0.1) is 11.8 Å². The molecule has 15 heavy (non-hydrogen) atoms. The van der Waals surface area contributed by atoms with Gasteiger partial charge in [0, 0.05) is 24.7 Å². The minimum absolute atomic E-state index is 0.908. The van der Waals surface area contributed by atoms with E-state index >= 15 is 0 Å². The van der Waals surface area contributed by atoms with Crippen LogP contribution in [-0.2, 0) is 0 Å². The lowest BCUT2D eigenvalue weighted by Gasteiger charge is -2.34. The van der Waals surface area contributed by atoms with Crippen molar-refractivity contribution in [1.82, 2.24) is 4.90 Å². The Kier molecular flexibility index (Phi) is 3.18. The third kappa shape index (κ3) is 1.84. The van der Waals surface area contributed by atoms with Crippen molar-refractivity contribution in [3.05, 3.63) is 23.4 Å². The first-order valence-electron chi connectivity index (χ1n) is 6.56. The summed E-state index contributed by atoms with van der Waals surface area (Å²) in [6.45, 7) is 8.79. The zero-order valence-electron chi connectivity index (χ0n) is 10.3. The first kappa shape index (κ1) is 10.8. The van der Waals surface area contributed by atoms with Gasteiger partial charge in [0.05, 0.1) is 0 Å². The number of fused-ring (bicyclic) bond motifs is 2. The Bertz CT molecular complexity index is 288. The van der Waals surface area contributed by atoms with Crippen LogP contribution in [0.15, 0.2) is 23.4 Å². The monoisotopic (exact) mass is 205 g/mol. The Morgan fingerprint density at radius 2 is 2.20 bits per heavy atom. The van der Waals surface area contributed by atoms with Gasteiger partial charge in [-0.3, -0.25) is 0 Å². The Hall–Kier alpha value is -0.720. The molecule has 0 aromatic rings. The normalized spacial score (nSPS) is 31.5. The van der Waals surface area contributed by atoms with E-state index in [0.29, 0.717) is 0 Å². The van der Waals surface area contributed by atoms with Gasteiger partial charge in [-0.1, -0.05) is 26.0 Å². The van der Waals surface area contributed by atoms with Crippen LogP contribution in [0.4, 0.5) is 0 Å². The summed E-state index contributed by atoms with van der Waals surface area (Å²) in [4.78, 5) is 2.60. The molecule has 3 aliphatic rings. The van der Waals surface area contributed by atoms with Gasteiger partial charge in [0.25, 0.3) is 0 Å². The summed E-state index contributed by atoms with van der Waals surface area (Å²) in [5.74, 6) is 1.83. The van der Waals surface area contributed by atoms with Crippen LogP contribution >= 0.6 is 0 Å². The molecule has 3 rings (SSSR count). The SMILES string of the molecule is CC.CCN1CCCC2=C1C1CC1C=C2. The van der Waals surface area contributed by atoms with Crippen molar-refractivity contribution < 1.29 is 0 Å². The number of rotatable bonds is 1. The maximum Gasteiger partial charge on any atom is 0.0203 e. The quantitative estimate of drug-likeness (QED) is 0.632. The van der Waals surface area contributed by atoms with E-state index in [1.807, 2.05) is 13.8 Å². The summed E-state index contributed by atoms with van der Waals surface area (Å²) in [5.41, 5.74) is 3.35. The smallest absolute Gasteiger partial charge is 0.0203 e. The van der Waals surface area contributed by atoms with E-state index in [1.165, 1.54) is 32.4 Å². The van der Waals surface area contributed by atoms with Gasteiger partial charge in [0.1, 0.15) is 0 Å². The molecule has 0 spiro atoms. The van der Waals surface area contributed by atoms with Crippen molar-refractivity contribution in [3.63, 3.8) is 0 Å². The highest BCUT2D eigenvalue weighted by Crippen LogP contribution is 2.51. The van der Waals surface area contributed by atoms with Gasteiger partial charge in [-0.2, -0.15) is 0 Å². The summed E-state index contributed by atoms with van der Waals surface area (Å²) in [7, 11) is 0. The molecule has 0 aromatic carbocycles. The van der Waals surface area contributed by atoms with Crippen LogP contribution in [-0.4, -0.2) is 18.0 Å². The summed E-state index contributed by atoms with van der Waals surface area (Å²) >= 11 is 0. The van der Waals surface area contributed by atoms with Crippen molar-refractivity contribution in [2.45, 2.75) is 40.0 Å². The Morgan fingerprint density at radius 3 is 2.93 bits per heavy atom. The van der Waals surface area contributed by atoms with Crippen LogP contribution in [0.2, 0.25) is 0 Å². The van der Waals surface area contributed by atoms with E-state index in [1.54, 1.807) is 11.3 Å². The second kappa shape index (κ2) is 4.42. The molecular weight excluding hydrogens is 182 g/mol. The lowest BCUT2D eigenvalue weighted by atomic mass is 9.94. The van der Waals surface area contributed by atoms with Crippen molar-refractivity contribution in [3.8, 4) is 0 Å². The average molecular weight is 205 g/mol. The molecule has 1 heteroatoms. The standard InChI is InChI=1S/C12H17N.C2H6/c1-2-13-7-3-4-9-5-6-10-8-11(10)12(9)13;1-2/h5-6,10-11H,2-4,7-8H2,1H3;1-2H3. The van der Waals surface area contributed by atoms with Gasteiger partial charge < -0.3 is 4.90 Å². The van der Waals surface area contributed by atoms with Crippen LogP contribution in [0.1, 0.15) is 40.0 Å². The summed E-state index contributed by atoms with van der Waals surface area (Å²) in [5, 5.41) is 0. The van der Waals surface area contributed by atoms with Gasteiger partial charge in [-0.15, -0.1) is 0 Å². The van der Waals surface area contributed by atoms with E-state index in [9.17, 15) is 0 Å². The molecule has 1 saturated carbocycles. The fourth-order valence-electron chi connectivity index (χ4n) is 2.86. The summed E-state index contributed by atoms with van der Waals surface area (Å²) in [6.07, 6.45) is 8.93. The summed E-state index contributed by atoms with van der Waals surface area (Å²) < 4.78 is 0. The predicted molar refractivity (Wildman–Crippen MR) is 65.6 cm³/mol. The molecule has 0 aromatic heterocycles. The topological polar surface area (TPSA) is 3.24 Å². The highest BCUT2D eigenvalue weighted by Gasteiger charge is 2.43. The van der Waals surface area contributed by atoms with E-state index in [2.05, 4.69) is 24.0 Å². The summed E-state index contributed by atoms with van der Waals surface area (Å²) in [6, 6.07) is 0. The van der Waals surface area contributed by atoms with Crippen molar-refractivity contribution in [1.29, 1.82) is 0 Å². The lowest BCUT2D eigenvalue weighted by Crippen LogP contribution is -2.30. The molecule has 2 atom stereocenters. The highest BCUT2D eigenvalue weighted by atomic mass is 15.1. The van der Waals surface area contributed by atoms with Crippen molar-refractivity contribution in [2.24, 2.45) is 11.8 Å². The van der Waals surface area contributed by atoms with Gasteiger partial charge >= 0.3 is 0 Å². The van der Waals surface area contributed by atoms with E-state index in [0.717, 1.165) is 11.8 Å². The third-order valence-corrected chi connectivity index (χ3v) is 3.66. The Labute approximate surface area is 93.9 Å². The molecule has 0 saturated heterocycles. The van der Waals surface area contributed by atoms with Gasteiger partial charge in [-0.05, 0) is 37.7 Å². The minimum atomic E-state index is 0.908. The Balaban J connectivity index is 0.000000404. The molecule has 0 bridgehead atoms. The van der Waals surface area contributed by atoms with Crippen LogP contribution in [0.25, 0.3) is 0 Å². The number of hydrogen-bond donors (Lipinski definition) is 0. The number of allylic oxidation sites excluding steroid dienone is 4. The molecule has 84 valence electrons. The van der Waals surface area contributed by atoms with Crippen LogP contribution in [0.5, 0.6) is 0 Å². The maximum absolute atomic E-state index is 2.60. The molecule has 2 unspecified atom stereocenters. The zero-order chi connectivity index (χ0) is 10.8. The molecule has 0 amide bonds. The molecular formula is C14H23N. The zero-order valence-corrected chi connectivity index (χ0v) is 10.3. The molecule has 1 aliphatic heterocycles. The second-order valence-corrected chi connectivity index (χ2v) is 4.46. The second-order valence-electron chi connectivity index (χ2n) is 4.46. The molecule has 1 nitrogen and oxygen atoms in total. The largest absolute Gasteiger partial charge is 0.375 e. The van der Waals surface area contributed by atoms with Crippen molar-refractivity contribution >= 4 is 0 Å². The van der Waals surface area contributed by atoms with E-state index < -0.39 is 0 Å². The lowest BCUT2D eigenvalue weighted by molar-refractivity contribution is 0.312. The van der Waals surface area contributed by atoms with Gasteiger partial charge in [-0.25, -0.2) is 0 Å². The molecule has 0 N–H and O–H groups in total. The van der Waals surface area contributed by atoms with Crippen LogP contribution in [0.3, 0.4) is 0 Å². The number of nitrogens with zero attached hydrogens (tertiary/aromatic N) is 1. The number of hydrogen-bond acceptors (Lipinski definition) is 1. The third-order valence-electron chi connectivity index (χ3n) is 3.66. The van der Waals surface area contributed by atoms with E-state index in [4.69, 9.17) is 0 Å². The molecule has 0 radical (unpaired) electrons. The first-order chi connectivity index (χ1) is 7.40. The van der Waals surface area contributed by atoms with Gasteiger partial charge in [0.2, 0.25) is 0 Å². The fourth-order valence-corrected chi connectivity index (χ4v) is 2.86. The van der Waals surface area contributed by atoms with Gasteiger partial charge in [0.15, 0.2) is 0 Å². The highest BCUT2D eigenvalue weighted by molar-refractivity contribution is 5.38. The van der Waals surface area contributed by atoms with Crippen molar-refractivity contribution in [2.75, 3.05) is 13.1 Å².